The van der Waals surface area contributed by atoms with Gasteiger partial charge in [0.2, 0.25) is 5.95 Å². The van der Waals surface area contributed by atoms with Crippen molar-refractivity contribution in [1.82, 2.24) is 19.1 Å². The zero-order valence-electron chi connectivity index (χ0n) is 15.6. The molecule has 0 radical (unpaired) electrons. The molecule has 1 unspecified atom stereocenters. The zero-order chi connectivity index (χ0) is 19.4. The molecular formula is C18H27N5O4. The van der Waals surface area contributed by atoms with E-state index in [4.69, 9.17) is 4.74 Å². The number of fused-ring (bicyclic) bond motifs is 1. The van der Waals surface area contributed by atoms with Gasteiger partial charge in [0.05, 0.1) is 25.9 Å². The number of H-pyrrole nitrogens is 1. The Morgan fingerprint density at radius 2 is 2.15 bits per heavy atom. The molecule has 1 aliphatic carbocycles. The standard InChI is InChI=1S/C18H27N5O4/c1-3-9-27-11-13(24)10-23-14-15(22(2)18(26)21-16(14)25)20-17(23)19-12-7-5-4-6-8-12/h3,12-13,24H,1,4-11H2,2H3,(H,19,20)(H,21,25,26). The molecule has 3 rings (SSSR count). The monoisotopic (exact) mass is 377 g/mol. The van der Waals surface area contributed by atoms with Gasteiger partial charge in [-0.15, -0.1) is 6.58 Å². The van der Waals surface area contributed by atoms with E-state index >= 15 is 0 Å². The summed E-state index contributed by atoms with van der Waals surface area (Å²) in [4.78, 5) is 31.2. The molecule has 0 amide bonds. The lowest BCUT2D eigenvalue weighted by atomic mass is 9.96. The number of ether oxygens (including phenoxy) is 1. The van der Waals surface area contributed by atoms with Gasteiger partial charge in [-0.1, -0.05) is 25.3 Å². The second-order valence-electron chi connectivity index (χ2n) is 7.00. The summed E-state index contributed by atoms with van der Waals surface area (Å²) >= 11 is 0. The van der Waals surface area contributed by atoms with Gasteiger partial charge in [-0.3, -0.25) is 14.3 Å². The summed E-state index contributed by atoms with van der Waals surface area (Å²) in [5.74, 6) is 0.492. The van der Waals surface area contributed by atoms with Crippen LogP contribution in [0.1, 0.15) is 32.1 Å². The number of nitrogens with one attached hydrogen (secondary N) is 2. The third-order valence-electron chi connectivity index (χ3n) is 4.88. The number of imidazole rings is 1. The van der Waals surface area contributed by atoms with E-state index in [9.17, 15) is 14.7 Å². The van der Waals surface area contributed by atoms with Gasteiger partial charge in [0.1, 0.15) is 0 Å². The minimum atomic E-state index is -0.828. The maximum absolute atomic E-state index is 12.4. The number of aromatic amines is 1. The highest BCUT2D eigenvalue weighted by Crippen LogP contribution is 2.23. The van der Waals surface area contributed by atoms with E-state index in [-0.39, 0.29) is 24.7 Å². The molecule has 148 valence electrons. The molecule has 0 spiro atoms. The van der Waals surface area contributed by atoms with Gasteiger partial charge in [0, 0.05) is 13.1 Å². The molecule has 3 N–H and O–H groups in total. The maximum atomic E-state index is 12.4. The fourth-order valence-electron chi connectivity index (χ4n) is 3.50. The van der Waals surface area contributed by atoms with Gasteiger partial charge >= 0.3 is 5.69 Å². The molecule has 1 aliphatic rings. The molecule has 0 saturated heterocycles. The molecule has 9 nitrogen and oxygen atoms in total. The molecule has 2 aromatic rings. The van der Waals surface area contributed by atoms with Crippen LogP contribution < -0.4 is 16.6 Å². The molecule has 0 bridgehead atoms. The molecule has 1 saturated carbocycles. The third kappa shape index (κ3) is 4.30. The normalized spacial score (nSPS) is 16.5. The lowest BCUT2D eigenvalue weighted by molar-refractivity contribution is 0.0405. The van der Waals surface area contributed by atoms with Crippen LogP contribution in [0.5, 0.6) is 0 Å². The quantitative estimate of drug-likeness (QED) is 0.462. The van der Waals surface area contributed by atoms with E-state index in [1.807, 2.05) is 0 Å². The summed E-state index contributed by atoms with van der Waals surface area (Å²) < 4.78 is 8.25. The van der Waals surface area contributed by atoms with Crippen LogP contribution in [-0.4, -0.2) is 49.6 Å². The Morgan fingerprint density at radius 3 is 2.85 bits per heavy atom. The summed E-state index contributed by atoms with van der Waals surface area (Å²) in [5.41, 5.74) is -0.479. The van der Waals surface area contributed by atoms with Crippen LogP contribution in [0.2, 0.25) is 0 Å². The van der Waals surface area contributed by atoms with Crippen molar-refractivity contribution >= 4 is 17.1 Å². The number of hydrogen-bond donors (Lipinski definition) is 3. The lowest BCUT2D eigenvalue weighted by Gasteiger charge is -2.24. The Balaban J connectivity index is 1.97. The van der Waals surface area contributed by atoms with E-state index in [0.717, 1.165) is 25.7 Å². The minimum Gasteiger partial charge on any atom is -0.389 e. The van der Waals surface area contributed by atoms with Gasteiger partial charge in [0.15, 0.2) is 11.2 Å². The van der Waals surface area contributed by atoms with E-state index in [1.165, 1.54) is 11.0 Å². The zero-order valence-corrected chi connectivity index (χ0v) is 15.6. The van der Waals surface area contributed by atoms with E-state index in [0.29, 0.717) is 18.2 Å². The van der Waals surface area contributed by atoms with E-state index < -0.39 is 17.4 Å². The summed E-state index contributed by atoms with van der Waals surface area (Å²) in [6.45, 7) is 4.15. The summed E-state index contributed by atoms with van der Waals surface area (Å²) in [6, 6.07) is 0.264. The Kier molecular flexibility index (Phi) is 6.12. The molecule has 0 aliphatic heterocycles. The van der Waals surface area contributed by atoms with Crippen molar-refractivity contribution in [2.75, 3.05) is 18.5 Å². The number of aliphatic hydroxyl groups excluding tert-OH is 1. The maximum Gasteiger partial charge on any atom is 0.329 e. The fourth-order valence-corrected chi connectivity index (χ4v) is 3.50. The van der Waals surface area contributed by atoms with Crippen LogP contribution >= 0.6 is 0 Å². The van der Waals surface area contributed by atoms with Crippen molar-refractivity contribution < 1.29 is 9.84 Å². The summed E-state index contributed by atoms with van der Waals surface area (Å²) in [7, 11) is 1.56. The van der Waals surface area contributed by atoms with Crippen LogP contribution in [0, 0.1) is 0 Å². The number of rotatable bonds is 8. The number of hydrogen-bond acceptors (Lipinski definition) is 6. The van der Waals surface area contributed by atoms with Crippen LogP contribution in [0.15, 0.2) is 22.2 Å². The second kappa shape index (κ2) is 8.53. The number of aliphatic hydroxyl groups is 1. The first-order valence-corrected chi connectivity index (χ1v) is 9.34. The highest BCUT2D eigenvalue weighted by molar-refractivity contribution is 5.74. The van der Waals surface area contributed by atoms with Crippen LogP contribution in [0.3, 0.4) is 0 Å². The second-order valence-corrected chi connectivity index (χ2v) is 7.00. The van der Waals surface area contributed by atoms with Gasteiger partial charge in [-0.05, 0) is 12.8 Å². The smallest absolute Gasteiger partial charge is 0.329 e. The topological polar surface area (TPSA) is 114 Å². The SMILES string of the molecule is C=CCOCC(O)Cn1c(NC2CCCCC2)nc2c1c(=O)[nH]c(=O)n2C. The third-order valence-corrected chi connectivity index (χ3v) is 4.88. The number of aryl methyl sites for hydroxylation is 1. The van der Waals surface area contributed by atoms with Gasteiger partial charge in [-0.25, -0.2) is 4.79 Å². The van der Waals surface area contributed by atoms with Crippen molar-refractivity contribution in [1.29, 1.82) is 0 Å². The first kappa shape index (κ1) is 19.4. The van der Waals surface area contributed by atoms with Crippen molar-refractivity contribution in [2.24, 2.45) is 7.05 Å². The average molecular weight is 377 g/mol. The predicted octanol–water partition coefficient (Wildman–Crippen LogP) is 0.731. The molecule has 1 fully saturated rings. The van der Waals surface area contributed by atoms with Crippen molar-refractivity contribution in [2.45, 2.75) is 50.8 Å². The van der Waals surface area contributed by atoms with Crippen LogP contribution in [0.25, 0.3) is 11.2 Å². The molecular weight excluding hydrogens is 350 g/mol. The molecule has 2 aromatic heterocycles. The first-order valence-electron chi connectivity index (χ1n) is 9.34. The highest BCUT2D eigenvalue weighted by Gasteiger charge is 2.22. The fraction of sp³-hybridized carbons (Fsp3) is 0.611. The van der Waals surface area contributed by atoms with Gasteiger partial charge in [0.25, 0.3) is 5.56 Å². The summed E-state index contributed by atoms with van der Waals surface area (Å²) in [6.07, 6.45) is 6.36. The minimum absolute atomic E-state index is 0.109. The average Bonchev–Trinajstić information content (AvgIpc) is 2.99. The van der Waals surface area contributed by atoms with Crippen molar-refractivity contribution in [3.05, 3.63) is 33.5 Å². The van der Waals surface area contributed by atoms with E-state index in [2.05, 4.69) is 21.9 Å². The van der Waals surface area contributed by atoms with Crippen molar-refractivity contribution in [3.63, 3.8) is 0 Å². The Labute approximate surface area is 156 Å². The van der Waals surface area contributed by atoms with Gasteiger partial charge in [-0.2, -0.15) is 4.98 Å². The van der Waals surface area contributed by atoms with Crippen LogP contribution in [-0.2, 0) is 18.3 Å². The Bertz CT molecular complexity index is 907. The number of aromatic nitrogens is 4. The molecule has 9 heteroatoms. The predicted molar refractivity (Wildman–Crippen MR) is 103 cm³/mol. The summed E-state index contributed by atoms with van der Waals surface area (Å²) in [5, 5.41) is 13.7. The first-order chi connectivity index (χ1) is 13.0. The molecule has 27 heavy (non-hydrogen) atoms. The Hall–Kier alpha value is -2.39. The van der Waals surface area contributed by atoms with Crippen LogP contribution in [0.4, 0.5) is 5.95 Å². The van der Waals surface area contributed by atoms with Crippen molar-refractivity contribution in [3.8, 4) is 0 Å². The number of anilines is 1. The molecule has 1 atom stereocenters. The molecule has 0 aromatic carbocycles. The Morgan fingerprint density at radius 1 is 1.41 bits per heavy atom. The van der Waals surface area contributed by atoms with Gasteiger partial charge < -0.3 is 19.7 Å². The lowest BCUT2D eigenvalue weighted by Crippen LogP contribution is -2.31. The van der Waals surface area contributed by atoms with E-state index in [1.54, 1.807) is 17.7 Å². The largest absolute Gasteiger partial charge is 0.389 e. The number of nitrogens with zero attached hydrogens (tertiary/aromatic N) is 3. The highest BCUT2D eigenvalue weighted by atomic mass is 16.5. The molecule has 2 heterocycles.